The lowest BCUT2D eigenvalue weighted by Crippen LogP contribution is -2.14. The lowest BCUT2D eigenvalue weighted by Gasteiger charge is -2.22. The molecule has 2 aliphatic carbocycles. The summed E-state index contributed by atoms with van der Waals surface area (Å²) in [6, 6.07) is 25.2. The van der Waals surface area contributed by atoms with Crippen molar-refractivity contribution in [2.45, 2.75) is 64.7 Å². The van der Waals surface area contributed by atoms with Crippen LogP contribution in [0.3, 0.4) is 0 Å². The second kappa shape index (κ2) is 14.7. The third-order valence-corrected chi connectivity index (χ3v) is 12.2. The van der Waals surface area contributed by atoms with E-state index in [9.17, 15) is 0 Å². The number of aryl methyl sites for hydroxylation is 1. The molecule has 0 saturated heterocycles. The Morgan fingerprint density at radius 3 is 2.59 bits per heavy atom. The van der Waals surface area contributed by atoms with Crippen LogP contribution in [0, 0.1) is 5.92 Å². The van der Waals surface area contributed by atoms with E-state index < -0.39 is 0 Å². The Morgan fingerprint density at radius 1 is 0.907 bits per heavy atom. The highest BCUT2D eigenvalue weighted by molar-refractivity contribution is 7.20. The van der Waals surface area contributed by atoms with Crippen LogP contribution in [0.5, 0.6) is 5.75 Å². The molecule has 4 heterocycles. The summed E-state index contributed by atoms with van der Waals surface area (Å²) < 4.78 is 14.1. The van der Waals surface area contributed by atoms with Crippen molar-refractivity contribution in [1.82, 2.24) is 15.0 Å². The van der Waals surface area contributed by atoms with E-state index in [2.05, 4.69) is 118 Å². The van der Waals surface area contributed by atoms with E-state index in [4.69, 9.17) is 24.1 Å². The molecule has 0 bridgehead atoms. The van der Waals surface area contributed by atoms with Crippen molar-refractivity contribution in [1.29, 1.82) is 0 Å². The van der Waals surface area contributed by atoms with Crippen LogP contribution in [0.4, 0.5) is 0 Å². The maximum atomic E-state index is 6.50. The molecular weight excluding hydrogens is 683 g/mol. The van der Waals surface area contributed by atoms with Gasteiger partial charge in [0.2, 0.25) is 0 Å². The summed E-state index contributed by atoms with van der Waals surface area (Å²) in [5.41, 5.74) is 7.82. The molecule has 6 aromatic rings. The SMILES string of the molecule is C=Cc1c(/C=C\Cc2nc(C3=CCCCC3C)nc(C3=C(/C=C/C=C4/Oc5ccccc5C4CC)CCc4oc5ccccc5c43)n2)sc2ccccc12. The summed E-state index contributed by atoms with van der Waals surface area (Å²) >= 11 is 1.79. The molecule has 1 aliphatic heterocycles. The number of benzene rings is 3. The first-order valence-electron chi connectivity index (χ1n) is 19.2. The van der Waals surface area contributed by atoms with E-state index in [1.807, 2.05) is 18.2 Å². The molecule has 268 valence electrons. The smallest absolute Gasteiger partial charge is 0.164 e. The molecule has 0 radical (unpaired) electrons. The summed E-state index contributed by atoms with van der Waals surface area (Å²) in [4.78, 5) is 16.9. The van der Waals surface area contributed by atoms with Gasteiger partial charge in [0.15, 0.2) is 11.6 Å². The van der Waals surface area contributed by atoms with E-state index in [-0.39, 0.29) is 5.92 Å². The zero-order valence-electron chi connectivity index (χ0n) is 30.8. The van der Waals surface area contributed by atoms with Gasteiger partial charge in [-0.25, -0.2) is 15.0 Å². The number of ether oxygens (including phenoxy) is 1. The van der Waals surface area contributed by atoms with Gasteiger partial charge in [-0.1, -0.05) is 105 Å². The monoisotopic (exact) mass is 725 g/mol. The average Bonchev–Trinajstić information content (AvgIpc) is 3.88. The van der Waals surface area contributed by atoms with Crippen molar-refractivity contribution in [3.63, 3.8) is 0 Å². The molecule has 0 saturated carbocycles. The fourth-order valence-electron chi connectivity index (χ4n) is 8.34. The number of allylic oxidation sites excluding steroid dienone is 8. The van der Waals surface area contributed by atoms with Crippen molar-refractivity contribution < 1.29 is 9.15 Å². The average molecular weight is 726 g/mol. The lowest BCUT2D eigenvalue weighted by molar-refractivity contribution is 0.424. The highest BCUT2D eigenvalue weighted by atomic mass is 32.1. The number of thiophene rings is 1. The number of aromatic nitrogens is 3. The number of hydrogen-bond donors (Lipinski definition) is 0. The molecule has 2 unspecified atom stereocenters. The van der Waals surface area contributed by atoms with Gasteiger partial charge in [-0.2, -0.15) is 0 Å². The second-order valence-electron chi connectivity index (χ2n) is 14.4. The second-order valence-corrected chi connectivity index (χ2v) is 15.5. The van der Waals surface area contributed by atoms with Gasteiger partial charge in [0.05, 0.1) is 0 Å². The van der Waals surface area contributed by atoms with Crippen LogP contribution in [-0.2, 0) is 12.8 Å². The maximum Gasteiger partial charge on any atom is 0.164 e. The van der Waals surface area contributed by atoms with Crippen LogP contribution in [0.15, 0.2) is 126 Å². The van der Waals surface area contributed by atoms with Crippen LogP contribution in [-0.4, -0.2) is 15.0 Å². The largest absolute Gasteiger partial charge is 0.461 e. The molecule has 0 N–H and O–H groups in total. The number of furan rings is 1. The van der Waals surface area contributed by atoms with E-state index in [0.717, 1.165) is 83.1 Å². The number of fused-ring (bicyclic) bond motifs is 5. The Balaban J connectivity index is 1.16. The summed E-state index contributed by atoms with van der Waals surface area (Å²) in [5.74, 6) is 5.79. The maximum absolute atomic E-state index is 6.50. The van der Waals surface area contributed by atoms with E-state index in [1.54, 1.807) is 11.3 Å². The fourth-order valence-corrected chi connectivity index (χ4v) is 9.48. The Kier molecular flexibility index (Phi) is 9.29. The number of hydrogen-bond acceptors (Lipinski definition) is 6. The molecule has 54 heavy (non-hydrogen) atoms. The van der Waals surface area contributed by atoms with Crippen LogP contribution in [0.2, 0.25) is 0 Å². The molecular formula is C48H43N3O2S. The topological polar surface area (TPSA) is 61.0 Å². The molecule has 2 atom stereocenters. The molecule has 0 spiro atoms. The molecule has 5 nitrogen and oxygen atoms in total. The number of nitrogens with zero attached hydrogens (tertiary/aromatic N) is 3. The number of rotatable bonds is 9. The van der Waals surface area contributed by atoms with E-state index in [0.29, 0.717) is 18.2 Å². The van der Waals surface area contributed by atoms with Gasteiger partial charge in [0, 0.05) is 55.8 Å². The van der Waals surface area contributed by atoms with Gasteiger partial charge < -0.3 is 9.15 Å². The van der Waals surface area contributed by atoms with Crippen molar-refractivity contribution in [3.8, 4) is 5.75 Å². The van der Waals surface area contributed by atoms with Crippen molar-refractivity contribution in [3.05, 3.63) is 166 Å². The highest BCUT2D eigenvalue weighted by Gasteiger charge is 2.30. The number of para-hydroxylation sites is 2. The Bertz CT molecular complexity index is 2580. The standard InChI is InChI=1S/C48H43N3O2S/c1-4-32-35-19-8-11-22-39(35)52-38(32)24-14-17-31-28-29-41-46(37-21-9-12-23-40(37)53-41)45(31)48-50-44(49-47(51-48)34-18-7-6-16-30(34)3)27-15-26-42-33(5-2)36-20-10-13-25-43(36)54-42/h5,8-15,17-26,30,32H,2,4,6-7,16,27-29H2,1,3H3/b17-14+,26-15-,38-24+. The van der Waals surface area contributed by atoms with Crippen LogP contribution >= 0.6 is 11.3 Å². The predicted molar refractivity (Wildman–Crippen MR) is 223 cm³/mol. The van der Waals surface area contributed by atoms with Crippen LogP contribution < -0.4 is 4.74 Å². The first-order valence-corrected chi connectivity index (χ1v) is 20.1. The van der Waals surface area contributed by atoms with Gasteiger partial charge in [-0.15, -0.1) is 11.3 Å². The highest BCUT2D eigenvalue weighted by Crippen LogP contribution is 2.44. The fraction of sp³-hybridized carbons (Fsp3) is 0.229. The molecule has 0 fully saturated rings. The van der Waals surface area contributed by atoms with Gasteiger partial charge in [0.1, 0.15) is 28.7 Å². The van der Waals surface area contributed by atoms with Gasteiger partial charge in [-0.3, -0.25) is 0 Å². The Morgan fingerprint density at radius 2 is 1.72 bits per heavy atom. The van der Waals surface area contributed by atoms with Gasteiger partial charge in [0.25, 0.3) is 0 Å². The third kappa shape index (κ3) is 6.28. The first-order chi connectivity index (χ1) is 26.6. The van der Waals surface area contributed by atoms with Crippen molar-refractivity contribution >= 4 is 55.7 Å². The van der Waals surface area contributed by atoms with Crippen molar-refractivity contribution in [2.24, 2.45) is 5.92 Å². The van der Waals surface area contributed by atoms with Gasteiger partial charge >= 0.3 is 0 Å². The lowest BCUT2D eigenvalue weighted by atomic mass is 9.86. The zero-order chi connectivity index (χ0) is 36.6. The van der Waals surface area contributed by atoms with Crippen LogP contribution in [0.1, 0.15) is 96.7 Å². The minimum atomic E-state index is 0.248. The molecule has 6 heteroatoms. The van der Waals surface area contributed by atoms with Gasteiger partial charge in [-0.05, 0) is 85.1 Å². The Labute approximate surface area is 320 Å². The summed E-state index contributed by atoms with van der Waals surface area (Å²) in [7, 11) is 0. The molecule has 0 amide bonds. The third-order valence-electron chi connectivity index (χ3n) is 11.0. The quantitative estimate of drug-likeness (QED) is 0.148. The van der Waals surface area contributed by atoms with E-state index in [1.165, 1.54) is 43.7 Å². The molecule has 3 aromatic carbocycles. The van der Waals surface area contributed by atoms with E-state index >= 15 is 0 Å². The minimum absolute atomic E-state index is 0.248. The van der Waals surface area contributed by atoms with Crippen molar-refractivity contribution in [2.75, 3.05) is 0 Å². The first kappa shape index (κ1) is 34.2. The van der Waals surface area contributed by atoms with Crippen LogP contribution in [0.25, 0.3) is 44.4 Å². The predicted octanol–water partition coefficient (Wildman–Crippen LogP) is 12.7. The normalized spacial score (nSPS) is 19.2. The zero-order valence-corrected chi connectivity index (χ0v) is 31.7. The minimum Gasteiger partial charge on any atom is -0.461 e. The molecule has 3 aliphatic rings. The summed E-state index contributed by atoms with van der Waals surface area (Å²) in [5, 5.41) is 2.32. The molecule has 3 aromatic heterocycles. The summed E-state index contributed by atoms with van der Waals surface area (Å²) in [6.07, 6.45) is 21.7. The Hall–Kier alpha value is -5.59. The summed E-state index contributed by atoms with van der Waals surface area (Å²) in [6.45, 7) is 8.63. The molecule has 9 rings (SSSR count).